The molecule has 0 aromatic heterocycles. The highest BCUT2D eigenvalue weighted by molar-refractivity contribution is 7.99. The largest absolute Gasteiger partial charge is 0.312 e. The van der Waals surface area contributed by atoms with Gasteiger partial charge in [-0.15, -0.1) is 0 Å². The number of likely N-dealkylation sites (tertiary alicyclic amines) is 1. The zero-order valence-corrected chi connectivity index (χ0v) is 12.5. The second-order valence-corrected chi connectivity index (χ2v) is 7.80. The molecule has 0 aromatic carbocycles. The molecule has 100 valence electrons. The van der Waals surface area contributed by atoms with Crippen molar-refractivity contribution in [1.29, 1.82) is 0 Å². The molecule has 0 amide bonds. The molecule has 2 heterocycles. The highest BCUT2D eigenvalue weighted by atomic mass is 32.2. The first-order valence-corrected chi connectivity index (χ1v) is 8.27. The van der Waals surface area contributed by atoms with E-state index in [0.29, 0.717) is 0 Å². The molecule has 0 radical (unpaired) electrons. The minimum absolute atomic E-state index is 0.272. The quantitative estimate of drug-likeness (QED) is 0.835. The molecule has 2 unspecified atom stereocenters. The van der Waals surface area contributed by atoms with Gasteiger partial charge in [0.2, 0.25) is 0 Å². The van der Waals surface area contributed by atoms with Crippen molar-refractivity contribution in [3.63, 3.8) is 0 Å². The first-order chi connectivity index (χ1) is 8.04. The Morgan fingerprint density at radius 2 is 2.12 bits per heavy atom. The smallest absolute Gasteiger partial charge is 0.0186 e. The van der Waals surface area contributed by atoms with Crippen LogP contribution in [0.1, 0.15) is 40.0 Å². The lowest BCUT2D eigenvalue weighted by Crippen LogP contribution is -2.41. The van der Waals surface area contributed by atoms with Crippen molar-refractivity contribution in [2.24, 2.45) is 5.92 Å². The van der Waals surface area contributed by atoms with E-state index >= 15 is 0 Å². The number of rotatable bonds is 3. The molecule has 3 heteroatoms. The molecule has 0 aliphatic carbocycles. The third kappa shape index (κ3) is 4.46. The van der Waals surface area contributed by atoms with Crippen LogP contribution < -0.4 is 5.32 Å². The van der Waals surface area contributed by atoms with Gasteiger partial charge in [0.1, 0.15) is 0 Å². The van der Waals surface area contributed by atoms with Crippen LogP contribution >= 0.6 is 11.8 Å². The van der Waals surface area contributed by atoms with E-state index in [-0.39, 0.29) is 5.54 Å². The third-order valence-corrected chi connectivity index (χ3v) is 5.09. The van der Waals surface area contributed by atoms with E-state index in [1.807, 2.05) is 0 Å². The van der Waals surface area contributed by atoms with Crippen LogP contribution in [0.25, 0.3) is 0 Å². The molecule has 2 atom stereocenters. The summed E-state index contributed by atoms with van der Waals surface area (Å²) in [6.07, 6.45) is 4.26. The van der Waals surface area contributed by atoms with Gasteiger partial charge in [-0.3, -0.25) is 4.90 Å². The fourth-order valence-corrected chi connectivity index (χ4v) is 4.01. The van der Waals surface area contributed by atoms with E-state index in [2.05, 4.69) is 42.7 Å². The maximum atomic E-state index is 3.66. The SMILES string of the molecule is CC(C)(C)NCC1CCN(C2CCCSC2)C1. The number of nitrogens with one attached hydrogen (secondary N) is 1. The van der Waals surface area contributed by atoms with E-state index in [9.17, 15) is 0 Å². The fraction of sp³-hybridized carbons (Fsp3) is 1.00. The number of nitrogens with zero attached hydrogens (tertiary/aromatic N) is 1. The third-order valence-electron chi connectivity index (χ3n) is 3.89. The standard InChI is InChI=1S/C14H28N2S/c1-14(2,3)15-9-12-6-7-16(10-12)13-5-4-8-17-11-13/h12-13,15H,4-11H2,1-3H3. The summed E-state index contributed by atoms with van der Waals surface area (Å²) < 4.78 is 0. The maximum Gasteiger partial charge on any atom is 0.0186 e. The van der Waals surface area contributed by atoms with E-state index in [0.717, 1.165) is 12.0 Å². The summed E-state index contributed by atoms with van der Waals surface area (Å²) in [5.74, 6) is 3.64. The summed E-state index contributed by atoms with van der Waals surface area (Å²) >= 11 is 2.15. The Hall–Kier alpha value is 0.270. The Kier molecular flexibility index (Phi) is 4.79. The Balaban J connectivity index is 1.71. The molecular weight excluding hydrogens is 228 g/mol. The van der Waals surface area contributed by atoms with Crippen molar-refractivity contribution in [2.45, 2.75) is 51.6 Å². The van der Waals surface area contributed by atoms with Gasteiger partial charge in [-0.05, 0) is 64.8 Å². The molecule has 17 heavy (non-hydrogen) atoms. The predicted molar refractivity (Wildman–Crippen MR) is 77.8 cm³/mol. The summed E-state index contributed by atoms with van der Waals surface area (Å²) in [5, 5.41) is 3.66. The fourth-order valence-electron chi connectivity index (χ4n) is 2.82. The van der Waals surface area contributed by atoms with Crippen molar-refractivity contribution in [1.82, 2.24) is 10.2 Å². The van der Waals surface area contributed by atoms with Crippen LogP contribution in [0.5, 0.6) is 0 Å². The summed E-state index contributed by atoms with van der Waals surface area (Å²) in [4.78, 5) is 2.75. The van der Waals surface area contributed by atoms with Crippen LogP contribution in [0.2, 0.25) is 0 Å². The van der Waals surface area contributed by atoms with Crippen LogP contribution in [0.15, 0.2) is 0 Å². The lowest BCUT2D eigenvalue weighted by Gasteiger charge is -2.31. The van der Waals surface area contributed by atoms with Gasteiger partial charge in [-0.25, -0.2) is 0 Å². The Labute approximate surface area is 111 Å². The second-order valence-electron chi connectivity index (χ2n) is 6.65. The van der Waals surface area contributed by atoms with Gasteiger partial charge in [-0.2, -0.15) is 11.8 Å². The van der Waals surface area contributed by atoms with Gasteiger partial charge in [0, 0.05) is 23.9 Å². The lowest BCUT2D eigenvalue weighted by atomic mass is 10.1. The molecule has 0 saturated carbocycles. The highest BCUT2D eigenvalue weighted by Gasteiger charge is 2.29. The van der Waals surface area contributed by atoms with E-state index < -0.39 is 0 Å². The molecule has 2 aliphatic rings. The predicted octanol–water partition coefficient (Wildman–Crippen LogP) is 2.59. The van der Waals surface area contributed by atoms with Gasteiger partial charge in [0.15, 0.2) is 0 Å². The zero-order chi connectivity index (χ0) is 12.3. The van der Waals surface area contributed by atoms with Crippen LogP contribution in [-0.2, 0) is 0 Å². The topological polar surface area (TPSA) is 15.3 Å². The highest BCUT2D eigenvalue weighted by Crippen LogP contribution is 2.26. The number of hydrogen-bond donors (Lipinski definition) is 1. The van der Waals surface area contributed by atoms with Gasteiger partial charge >= 0.3 is 0 Å². The van der Waals surface area contributed by atoms with Crippen molar-refractivity contribution in [3.8, 4) is 0 Å². The zero-order valence-electron chi connectivity index (χ0n) is 11.7. The summed E-state index contributed by atoms with van der Waals surface area (Å²) in [6.45, 7) is 10.6. The molecule has 0 spiro atoms. The molecule has 1 N–H and O–H groups in total. The lowest BCUT2D eigenvalue weighted by molar-refractivity contribution is 0.235. The molecule has 2 nitrogen and oxygen atoms in total. The Morgan fingerprint density at radius 1 is 1.29 bits per heavy atom. The first-order valence-electron chi connectivity index (χ1n) is 7.11. The number of thioether (sulfide) groups is 1. The number of hydrogen-bond acceptors (Lipinski definition) is 3. The van der Waals surface area contributed by atoms with E-state index in [1.165, 1.54) is 50.4 Å². The van der Waals surface area contributed by atoms with Crippen molar-refractivity contribution >= 4 is 11.8 Å². The molecule has 2 fully saturated rings. The van der Waals surface area contributed by atoms with E-state index in [4.69, 9.17) is 0 Å². The molecule has 2 rings (SSSR count). The van der Waals surface area contributed by atoms with Crippen LogP contribution in [0.4, 0.5) is 0 Å². The average molecular weight is 256 g/mol. The van der Waals surface area contributed by atoms with Crippen molar-refractivity contribution < 1.29 is 0 Å². The molecule has 0 bridgehead atoms. The van der Waals surface area contributed by atoms with Gasteiger partial charge in [0.25, 0.3) is 0 Å². The summed E-state index contributed by atoms with van der Waals surface area (Å²) in [5.41, 5.74) is 0.272. The molecule has 2 saturated heterocycles. The van der Waals surface area contributed by atoms with Crippen LogP contribution in [0.3, 0.4) is 0 Å². The Morgan fingerprint density at radius 3 is 2.76 bits per heavy atom. The minimum atomic E-state index is 0.272. The monoisotopic (exact) mass is 256 g/mol. The minimum Gasteiger partial charge on any atom is -0.312 e. The van der Waals surface area contributed by atoms with Gasteiger partial charge in [-0.1, -0.05) is 0 Å². The van der Waals surface area contributed by atoms with Crippen LogP contribution in [0, 0.1) is 5.92 Å². The Bertz CT molecular complexity index is 231. The van der Waals surface area contributed by atoms with Crippen LogP contribution in [-0.4, -0.2) is 47.6 Å². The molecule has 2 aliphatic heterocycles. The van der Waals surface area contributed by atoms with Crippen molar-refractivity contribution in [2.75, 3.05) is 31.1 Å². The summed E-state index contributed by atoms with van der Waals surface area (Å²) in [7, 11) is 0. The molecule has 0 aromatic rings. The second kappa shape index (κ2) is 5.94. The van der Waals surface area contributed by atoms with Gasteiger partial charge < -0.3 is 5.32 Å². The summed E-state index contributed by atoms with van der Waals surface area (Å²) in [6, 6.07) is 0.883. The normalized spacial score (nSPS) is 31.9. The average Bonchev–Trinajstić information content (AvgIpc) is 2.75. The van der Waals surface area contributed by atoms with Gasteiger partial charge in [0.05, 0.1) is 0 Å². The maximum absolute atomic E-state index is 3.66. The first kappa shape index (κ1) is 13.7. The van der Waals surface area contributed by atoms with E-state index in [1.54, 1.807) is 0 Å². The molecular formula is C14H28N2S. The van der Waals surface area contributed by atoms with Crippen molar-refractivity contribution in [3.05, 3.63) is 0 Å².